The molecule has 9 heteroatoms. The second kappa shape index (κ2) is 10.3. The van der Waals surface area contributed by atoms with Crippen molar-refractivity contribution >= 4 is 29.3 Å². The van der Waals surface area contributed by atoms with Gasteiger partial charge < -0.3 is 20.4 Å². The van der Waals surface area contributed by atoms with Gasteiger partial charge in [0.2, 0.25) is 17.7 Å². The van der Waals surface area contributed by atoms with Gasteiger partial charge in [0.15, 0.2) is 0 Å². The Morgan fingerprint density at radius 3 is 2.53 bits per heavy atom. The number of nitrogens with one attached hydrogen (secondary N) is 3. The Morgan fingerprint density at radius 2 is 1.84 bits per heavy atom. The van der Waals surface area contributed by atoms with E-state index in [9.17, 15) is 19.2 Å². The van der Waals surface area contributed by atoms with Crippen LogP contribution in [0.5, 0.6) is 0 Å². The molecule has 9 nitrogen and oxygen atoms in total. The number of imide groups is 1. The summed E-state index contributed by atoms with van der Waals surface area (Å²) in [7, 11) is 0. The second-order valence-electron chi connectivity index (χ2n) is 12.0. The molecule has 2 aliphatic carbocycles. The van der Waals surface area contributed by atoms with E-state index in [1.165, 1.54) is 19.3 Å². The molecule has 1 atom stereocenters. The van der Waals surface area contributed by atoms with Crippen molar-refractivity contribution in [2.45, 2.75) is 94.8 Å². The van der Waals surface area contributed by atoms with E-state index in [1.54, 1.807) is 4.90 Å². The van der Waals surface area contributed by atoms with Gasteiger partial charge in [0.1, 0.15) is 6.04 Å². The predicted molar refractivity (Wildman–Crippen MR) is 142 cm³/mol. The monoisotopic (exact) mass is 521 g/mol. The molecule has 38 heavy (non-hydrogen) atoms. The first-order valence-corrected chi connectivity index (χ1v) is 14.5. The van der Waals surface area contributed by atoms with E-state index in [0.29, 0.717) is 31.1 Å². The lowest BCUT2D eigenvalue weighted by Crippen LogP contribution is -2.52. The van der Waals surface area contributed by atoms with Gasteiger partial charge in [0.25, 0.3) is 5.91 Å². The van der Waals surface area contributed by atoms with Crippen LogP contribution >= 0.6 is 0 Å². The van der Waals surface area contributed by atoms with E-state index >= 15 is 0 Å². The van der Waals surface area contributed by atoms with Crippen molar-refractivity contribution in [3.8, 4) is 0 Å². The van der Waals surface area contributed by atoms with Gasteiger partial charge in [-0.15, -0.1) is 0 Å². The highest BCUT2D eigenvalue weighted by atomic mass is 16.2. The molecule has 0 spiro atoms. The molecule has 1 aromatic rings. The molecule has 4 fully saturated rings. The van der Waals surface area contributed by atoms with Crippen LogP contribution in [0, 0.1) is 5.92 Å². The van der Waals surface area contributed by atoms with Crippen molar-refractivity contribution in [1.82, 2.24) is 20.4 Å². The first-order valence-electron chi connectivity index (χ1n) is 14.5. The maximum Gasteiger partial charge on any atom is 0.255 e. The van der Waals surface area contributed by atoms with Crippen LogP contribution in [-0.2, 0) is 20.9 Å². The molecule has 1 unspecified atom stereocenters. The third-order valence-corrected chi connectivity index (χ3v) is 9.40. The summed E-state index contributed by atoms with van der Waals surface area (Å²) in [5.41, 5.74) is 2.55. The van der Waals surface area contributed by atoms with Crippen molar-refractivity contribution in [2.24, 2.45) is 5.92 Å². The number of carbonyl (C=O) groups is 4. The van der Waals surface area contributed by atoms with Crippen LogP contribution in [0.4, 0.5) is 5.69 Å². The first kappa shape index (κ1) is 25.3. The minimum atomic E-state index is -0.607. The van der Waals surface area contributed by atoms with E-state index in [4.69, 9.17) is 0 Å². The Morgan fingerprint density at radius 1 is 1.05 bits per heavy atom. The van der Waals surface area contributed by atoms with Gasteiger partial charge in [0, 0.05) is 54.5 Å². The van der Waals surface area contributed by atoms with E-state index < -0.39 is 6.04 Å². The topological polar surface area (TPSA) is 111 Å². The number of fused-ring (bicyclic) bond motifs is 1. The molecule has 4 amide bonds. The van der Waals surface area contributed by atoms with E-state index in [0.717, 1.165) is 68.8 Å². The molecule has 0 bridgehead atoms. The zero-order valence-corrected chi connectivity index (χ0v) is 22.1. The molecule has 2 saturated carbocycles. The zero-order valence-electron chi connectivity index (χ0n) is 22.1. The van der Waals surface area contributed by atoms with Gasteiger partial charge in [-0.05, 0) is 69.4 Å². The highest BCUT2D eigenvalue weighted by Crippen LogP contribution is 2.43. The van der Waals surface area contributed by atoms with E-state index in [-0.39, 0.29) is 35.6 Å². The van der Waals surface area contributed by atoms with Crippen LogP contribution in [0.15, 0.2) is 18.2 Å². The molecule has 2 saturated heterocycles. The summed E-state index contributed by atoms with van der Waals surface area (Å²) in [4.78, 5) is 53.3. The molecular weight excluding hydrogens is 482 g/mol. The summed E-state index contributed by atoms with van der Waals surface area (Å²) in [5.74, 6) is 0.265. The number of hydrogen-bond acceptors (Lipinski definition) is 6. The highest BCUT2D eigenvalue weighted by molar-refractivity contribution is 6.06. The predicted octanol–water partition coefficient (Wildman–Crippen LogP) is 2.55. The Bertz CT molecular complexity index is 1120. The summed E-state index contributed by atoms with van der Waals surface area (Å²) in [5, 5.41) is 9.83. The normalized spacial score (nSPS) is 29.1. The standard InChI is InChI=1S/C29H39N5O4/c35-25-8-7-24(27(37)31-25)34-18-22-21(28(34)38)3-1-4-23(22)32-29(12-9-19-5-6-19)13-10-20(11-14-29)30-17-26(36)33-15-2-16-33/h1,3-4,19-20,24,30,32H,2,5-18H2,(H,31,35,37). The number of piperidine rings is 1. The number of benzene rings is 1. The van der Waals surface area contributed by atoms with E-state index in [1.807, 2.05) is 17.0 Å². The third-order valence-electron chi connectivity index (χ3n) is 9.40. The fourth-order valence-corrected chi connectivity index (χ4v) is 6.60. The number of hydrogen-bond donors (Lipinski definition) is 3. The van der Waals surface area contributed by atoms with Gasteiger partial charge in [-0.2, -0.15) is 0 Å². The third kappa shape index (κ3) is 5.17. The first-order chi connectivity index (χ1) is 18.4. The smallest absolute Gasteiger partial charge is 0.255 e. The maximum absolute atomic E-state index is 13.3. The number of likely N-dealkylation sites (tertiary alicyclic amines) is 1. The summed E-state index contributed by atoms with van der Waals surface area (Å²) in [6.07, 6.45) is 10.8. The molecule has 3 N–H and O–H groups in total. The van der Waals surface area contributed by atoms with Crippen molar-refractivity contribution in [3.05, 3.63) is 29.3 Å². The van der Waals surface area contributed by atoms with Crippen molar-refractivity contribution in [3.63, 3.8) is 0 Å². The van der Waals surface area contributed by atoms with Crippen LogP contribution in [0.1, 0.15) is 86.6 Å². The number of nitrogens with zero attached hydrogens (tertiary/aromatic N) is 2. The van der Waals surface area contributed by atoms with Crippen molar-refractivity contribution in [1.29, 1.82) is 0 Å². The molecule has 5 aliphatic rings. The molecule has 0 radical (unpaired) electrons. The lowest BCUT2D eigenvalue weighted by atomic mass is 9.75. The average molecular weight is 522 g/mol. The summed E-state index contributed by atoms with van der Waals surface area (Å²) < 4.78 is 0. The Hall–Kier alpha value is -2.94. The molecule has 1 aromatic carbocycles. The molecule has 204 valence electrons. The largest absolute Gasteiger partial charge is 0.379 e. The zero-order chi connectivity index (χ0) is 26.3. The molecular formula is C29H39N5O4. The fourth-order valence-electron chi connectivity index (χ4n) is 6.60. The second-order valence-corrected chi connectivity index (χ2v) is 12.0. The van der Waals surface area contributed by atoms with Gasteiger partial charge in [-0.25, -0.2) is 0 Å². The average Bonchev–Trinajstić information content (AvgIpc) is 3.64. The van der Waals surface area contributed by atoms with Crippen LogP contribution in [0.25, 0.3) is 0 Å². The van der Waals surface area contributed by atoms with Gasteiger partial charge >= 0.3 is 0 Å². The van der Waals surface area contributed by atoms with Crippen LogP contribution in [0.2, 0.25) is 0 Å². The van der Waals surface area contributed by atoms with Gasteiger partial charge in [-0.1, -0.05) is 18.9 Å². The minimum absolute atomic E-state index is 0.0392. The van der Waals surface area contributed by atoms with Gasteiger partial charge in [-0.3, -0.25) is 24.5 Å². The summed E-state index contributed by atoms with van der Waals surface area (Å²) in [6.45, 7) is 2.59. The van der Waals surface area contributed by atoms with Crippen molar-refractivity contribution < 1.29 is 19.2 Å². The number of rotatable bonds is 9. The Kier molecular flexibility index (Phi) is 6.88. The lowest BCUT2D eigenvalue weighted by molar-refractivity contribution is -0.137. The van der Waals surface area contributed by atoms with Gasteiger partial charge in [0.05, 0.1) is 6.54 Å². The SMILES string of the molecule is O=C1CCC(N2Cc3c(NC4(CCC5CC5)CCC(NCC(=O)N5CCC5)CC4)cccc3C2=O)C(=O)N1. The lowest BCUT2D eigenvalue weighted by Gasteiger charge is -2.43. The maximum atomic E-state index is 13.3. The minimum Gasteiger partial charge on any atom is -0.379 e. The Labute approximate surface area is 224 Å². The molecule has 3 aliphatic heterocycles. The summed E-state index contributed by atoms with van der Waals surface area (Å²) >= 11 is 0. The number of amides is 4. The summed E-state index contributed by atoms with van der Waals surface area (Å²) in [6, 6.07) is 5.58. The van der Waals surface area contributed by atoms with Crippen LogP contribution in [-0.4, -0.2) is 70.7 Å². The number of anilines is 1. The quantitative estimate of drug-likeness (QED) is 0.431. The van der Waals surface area contributed by atoms with Crippen molar-refractivity contribution in [2.75, 3.05) is 25.0 Å². The van der Waals surface area contributed by atoms with E-state index in [2.05, 4.69) is 22.0 Å². The van der Waals surface area contributed by atoms with Crippen LogP contribution in [0.3, 0.4) is 0 Å². The molecule has 0 aromatic heterocycles. The molecule has 6 rings (SSSR count). The Balaban J connectivity index is 1.14. The molecule has 3 heterocycles. The fraction of sp³-hybridized carbons (Fsp3) is 0.655. The van der Waals surface area contributed by atoms with Crippen LogP contribution < -0.4 is 16.0 Å². The number of carbonyl (C=O) groups excluding carboxylic acids is 4. The highest BCUT2D eigenvalue weighted by Gasteiger charge is 2.42.